The fourth-order valence-electron chi connectivity index (χ4n) is 2.95. The Balaban J connectivity index is 0.00000200. The number of rotatable bonds is 5. The number of amides is 1. The molecule has 1 fully saturated rings. The maximum Gasteiger partial charge on any atom is 0.226 e. The second kappa shape index (κ2) is 7.87. The molecule has 0 aromatic heterocycles. The quantitative estimate of drug-likeness (QED) is 0.877. The highest BCUT2D eigenvalue weighted by atomic mass is 35.5. The maximum absolute atomic E-state index is 12.4. The van der Waals surface area contributed by atoms with E-state index in [1.54, 1.807) is 0 Å². The number of halogens is 2. The van der Waals surface area contributed by atoms with Gasteiger partial charge in [-0.15, -0.1) is 12.4 Å². The minimum Gasteiger partial charge on any atom is -0.354 e. The standard InChI is InChI=1S/C15H21ClN2O.ClH/c16-13-5-3-4-12(10-13)11-15(6-1-2-7-15)14(19)18-9-8-17;/h3-5,10H,1-2,6-9,11,17H2,(H,18,19);1H. The van der Waals surface area contributed by atoms with Gasteiger partial charge in [-0.3, -0.25) is 4.79 Å². The van der Waals surface area contributed by atoms with Crippen LogP contribution in [0.3, 0.4) is 0 Å². The Morgan fingerprint density at radius 1 is 1.35 bits per heavy atom. The third-order valence-electron chi connectivity index (χ3n) is 3.90. The van der Waals surface area contributed by atoms with Crippen molar-refractivity contribution >= 4 is 29.9 Å². The summed E-state index contributed by atoms with van der Waals surface area (Å²) >= 11 is 6.02. The second-order valence-electron chi connectivity index (χ2n) is 5.34. The zero-order chi connectivity index (χ0) is 13.7. The molecule has 0 heterocycles. The molecule has 3 N–H and O–H groups in total. The first-order valence-corrected chi connectivity index (χ1v) is 7.27. The Hall–Kier alpha value is -0.770. The summed E-state index contributed by atoms with van der Waals surface area (Å²) in [5.74, 6) is 0.149. The van der Waals surface area contributed by atoms with Gasteiger partial charge in [0.25, 0.3) is 0 Å². The first kappa shape index (κ1) is 17.3. The molecule has 0 atom stereocenters. The number of hydrogen-bond donors (Lipinski definition) is 2. The monoisotopic (exact) mass is 316 g/mol. The minimum absolute atomic E-state index is 0. The topological polar surface area (TPSA) is 55.1 Å². The molecular weight excluding hydrogens is 295 g/mol. The molecule has 0 aliphatic heterocycles. The van der Waals surface area contributed by atoms with E-state index in [2.05, 4.69) is 5.32 Å². The molecule has 0 unspecified atom stereocenters. The van der Waals surface area contributed by atoms with E-state index in [4.69, 9.17) is 17.3 Å². The molecule has 5 heteroatoms. The van der Waals surface area contributed by atoms with Gasteiger partial charge in [-0.2, -0.15) is 0 Å². The first-order valence-electron chi connectivity index (χ1n) is 6.89. The predicted molar refractivity (Wildman–Crippen MR) is 85.4 cm³/mol. The van der Waals surface area contributed by atoms with E-state index in [1.165, 1.54) is 0 Å². The molecule has 1 aliphatic carbocycles. The Bertz CT molecular complexity index is 445. The van der Waals surface area contributed by atoms with E-state index in [9.17, 15) is 4.79 Å². The first-order chi connectivity index (χ1) is 9.16. The van der Waals surface area contributed by atoms with E-state index in [1.807, 2.05) is 24.3 Å². The van der Waals surface area contributed by atoms with Crippen LogP contribution in [0.2, 0.25) is 5.02 Å². The van der Waals surface area contributed by atoms with E-state index < -0.39 is 0 Å². The van der Waals surface area contributed by atoms with Crippen LogP contribution in [0.4, 0.5) is 0 Å². The maximum atomic E-state index is 12.4. The van der Waals surface area contributed by atoms with Crippen LogP contribution in [0.1, 0.15) is 31.2 Å². The van der Waals surface area contributed by atoms with Gasteiger partial charge in [0.1, 0.15) is 0 Å². The molecule has 112 valence electrons. The van der Waals surface area contributed by atoms with Crippen molar-refractivity contribution in [2.75, 3.05) is 13.1 Å². The molecule has 0 radical (unpaired) electrons. The van der Waals surface area contributed by atoms with Crippen molar-refractivity contribution in [1.29, 1.82) is 0 Å². The van der Waals surface area contributed by atoms with Crippen LogP contribution in [0.15, 0.2) is 24.3 Å². The highest BCUT2D eigenvalue weighted by Gasteiger charge is 2.40. The molecule has 3 nitrogen and oxygen atoms in total. The van der Waals surface area contributed by atoms with Crippen molar-refractivity contribution in [3.8, 4) is 0 Å². The van der Waals surface area contributed by atoms with Crippen LogP contribution in [0.25, 0.3) is 0 Å². The summed E-state index contributed by atoms with van der Waals surface area (Å²) in [7, 11) is 0. The van der Waals surface area contributed by atoms with Crippen LogP contribution in [0, 0.1) is 5.41 Å². The molecule has 2 rings (SSSR count). The second-order valence-corrected chi connectivity index (χ2v) is 5.78. The number of nitrogens with two attached hydrogens (primary N) is 1. The summed E-state index contributed by atoms with van der Waals surface area (Å²) in [5, 5.41) is 3.68. The van der Waals surface area contributed by atoms with E-state index in [0.29, 0.717) is 13.1 Å². The van der Waals surface area contributed by atoms with Crippen LogP contribution in [-0.4, -0.2) is 19.0 Å². The molecule has 1 aromatic carbocycles. The van der Waals surface area contributed by atoms with Gasteiger partial charge in [-0.1, -0.05) is 36.6 Å². The summed E-state index contributed by atoms with van der Waals surface area (Å²) in [6.45, 7) is 1.04. The average Bonchev–Trinajstić information content (AvgIpc) is 2.85. The highest BCUT2D eigenvalue weighted by molar-refractivity contribution is 6.30. The predicted octanol–water partition coefficient (Wildman–Crippen LogP) is 2.94. The van der Waals surface area contributed by atoms with E-state index >= 15 is 0 Å². The third-order valence-corrected chi connectivity index (χ3v) is 4.14. The number of nitrogens with one attached hydrogen (secondary N) is 1. The van der Waals surface area contributed by atoms with Crippen molar-refractivity contribution in [3.63, 3.8) is 0 Å². The van der Waals surface area contributed by atoms with Crippen molar-refractivity contribution in [2.24, 2.45) is 11.1 Å². The van der Waals surface area contributed by atoms with Crippen molar-refractivity contribution in [2.45, 2.75) is 32.1 Å². The molecule has 1 saturated carbocycles. The molecule has 1 aromatic rings. The molecule has 1 amide bonds. The third kappa shape index (κ3) is 4.11. The fourth-order valence-corrected chi connectivity index (χ4v) is 3.16. The van der Waals surface area contributed by atoms with Crippen LogP contribution >= 0.6 is 24.0 Å². The number of carbonyl (C=O) groups is 1. The molecule has 0 spiro atoms. The van der Waals surface area contributed by atoms with Gasteiger partial charge in [0, 0.05) is 18.1 Å². The van der Waals surface area contributed by atoms with E-state index in [0.717, 1.165) is 42.7 Å². The molecule has 0 bridgehead atoms. The Morgan fingerprint density at radius 3 is 2.65 bits per heavy atom. The zero-order valence-electron chi connectivity index (χ0n) is 11.5. The van der Waals surface area contributed by atoms with Crippen molar-refractivity contribution in [3.05, 3.63) is 34.9 Å². The normalized spacial score (nSPS) is 16.5. The lowest BCUT2D eigenvalue weighted by Gasteiger charge is -2.28. The highest BCUT2D eigenvalue weighted by Crippen LogP contribution is 2.41. The van der Waals surface area contributed by atoms with Gasteiger partial charge in [0.05, 0.1) is 5.41 Å². The number of hydrogen-bond acceptors (Lipinski definition) is 2. The van der Waals surface area contributed by atoms with Gasteiger partial charge in [-0.25, -0.2) is 0 Å². The lowest BCUT2D eigenvalue weighted by molar-refractivity contribution is -0.130. The molecular formula is C15H22Cl2N2O. The fraction of sp³-hybridized carbons (Fsp3) is 0.533. The molecule has 1 aliphatic rings. The smallest absolute Gasteiger partial charge is 0.226 e. The zero-order valence-corrected chi connectivity index (χ0v) is 13.1. The summed E-state index contributed by atoms with van der Waals surface area (Å²) in [4.78, 5) is 12.4. The average molecular weight is 317 g/mol. The summed E-state index contributed by atoms with van der Waals surface area (Å²) in [5.41, 5.74) is 6.33. The lowest BCUT2D eigenvalue weighted by Crippen LogP contribution is -2.42. The summed E-state index contributed by atoms with van der Waals surface area (Å²) in [6.07, 6.45) is 4.92. The SMILES string of the molecule is Cl.NCCNC(=O)C1(Cc2cccc(Cl)c2)CCCC1. The van der Waals surface area contributed by atoms with Gasteiger partial charge < -0.3 is 11.1 Å². The van der Waals surface area contributed by atoms with Crippen molar-refractivity contribution in [1.82, 2.24) is 5.32 Å². The summed E-state index contributed by atoms with van der Waals surface area (Å²) < 4.78 is 0. The lowest BCUT2D eigenvalue weighted by atomic mass is 9.79. The van der Waals surface area contributed by atoms with Crippen LogP contribution in [-0.2, 0) is 11.2 Å². The summed E-state index contributed by atoms with van der Waals surface area (Å²) in [6, 6.07) is 7.80. The van der Waals surface area contributed by atoms with Crippen LogP contribution < -0.4 is 11.1 Å². The van der Waals surface area contributed by atoms with E-state index in [-0.39, 0.29) is 23.7 Å². The largest absolute Gasteiger partial charge is 0.354 e. The van der Waals surface area contributed by atoms with Gasteiger partial charge in [0.2, 0.25) is 5.91 Å². The van der Waals surface area contributed by atoms with Crippen LogP contribution in [0.5, 0.6) is 0 Å². The Labute approximate surface area is 131 Å². The van der Waals surface area contributed by atoms with Gasteiger partial charge in [0.15, 0.2) is 0 Å². The molecule has 0 saturated heterocycles. The Morgan fingerprint density at radius 2 is 2.05 bits per heavy atom. The number of carbonyl (C=O) groups excluding carboxylic acids is 1. The minimum atomic E-state index is -0.264. The molecule has 20 heavy (non-hydrogen) atoms. The van der Waals surface area contributed by atoms with Gasteiger partial charge in [-0.05, 0) is 37.0 Å². The Kier molecular flexibility index (Phi) is 6.80. The van der Waals surface area contributed by atoms with Gasteiger partial charge >= 0.3 is 0 Å². The van der Waals surface area contributed by atoms with Crippen molar-refractivity contribution < 1.29 is 4.79 Å². The number of benzene rings is 1.